The highest BCUT2D eigenvalue weighted by atomic mass is 16.3. The minimum Gasteiger partial charge on any atom is -0.394 e. The van der Waals surface area contributed by atoms with E-state index in [9.17, 15) is 4.79 Å². The molecule has 1 atom stereocenters. The van der Waals surface area contributed by atoms with Crippen LogP contribution in [0.1, 0.15) is 18.2 Å². The Balaban J connectivity index is 2.08. The number of aliphatic hydroxyl groups is 1. The van der Waals surface area contributed by atoms with E-state index in [-0.39, 0.29) is 0 Å². The number of carbonyl (C=O) groups excluding carboxylic acids is 1. The molecule has 4 N–H and O–H groups in total. The molecule has 0 bridgehead atoms. The van der Waals surface area contributed by atoms with Gasteiger partial charge in [-0.3, -0.25) is 4.79 Å². The second kappa shape index (κ2) is 7.04. The Morgan fingerprint density at radius 1 is 1.32 bits per heavy atom. The van der Waals surface area contributed by atoms with Gasteiger partial charge < -0.3 is 16.2 Å². The lowest BCUT2D eigenvalue weighted by Crippen LogP contribution is -2.38. The van der Waals surface area contributed by atoms with Gasteiger partial charge >= 0.3 is 0 Å². The molecule has 0 saturated heterocycles. The number of anilines is 1. The van der Waals surface area contributed by atoms with Crippen LogP contribution >= 0.6 is 0 Å². The minimum atomic E-state index is -0.941. The minimum absolute atomic E-state index is 0.394. The fourth-order valence-corrected chi connectivity index (χ4v) is 2.79. The van der Waals surface area contributed by atoms with Crippen LogP contribution in [0.5, 0.6) is 0 Å². The summed E-state index contributed by atoms with van der Waals surface area (Å²) in [5.74, 6) is -0.417. The fourth-order valence-electron chi connectivity index (χ4n) is 2.79. The van der Waals surface area contributed by atoms with E-state index >= 15 is 0 Å². The lowest BCUT2D eigenvalue weighted by Gasteiger charge is -2.10. The van der Waals surface area contributed by atoms with Crippen molar-refractivity contribution in [2.24, 2.45) is 5.73 Å². The fraction of sp³-hybridized carbons (Fsp3) is 0.263. The van der Waals surface area contributed by atoms with Crippen molar-refractivity contribution < 1.29 is 9.90 Å². The number of hydrogen-bond donors (Lipinski definition) is 3. The average molecular weight is 338 g/mol. The Hall–Kier alpha value is -2.70. The molecular formula is C19H22N4O2. The first-order valence-corrected chi connectivity index (χ1v) is 8.29. The Morgan fingerprint density at radius 3 is 2.80 bits per heavy atom. The predicted molar refractivity (Wildman–Crippen MR) is 98.9 cm³/mol. The van der Waals surface area contributed by atoms with Gasteiger partial charge in [0.05, 0.1) is 23.5 Å². The number of benzene rings is 2. The van der Waals surface area contributed by atoms with Crippen LogP contribution in [0.15, 0.2) is 42.5 Å². The Kier molecular flexibility index (Phi) is 4.83. The summed E-state index contributed by atoms with van der Waals surface area (Å²) in [7, 11) is 0. The molecule has 130 valence electrons. The number of rotatable bonds is 5. The SMILES string of the molecule is CCc1nn(-c2cccc(C)c2)c2cc(NC(=O)[C@@H](N)CO)ccc12. The van der Waals surface area contributed by atoms with Crippen molar-refractivity contribution in [3.05, 3.63) is 53.7 Å². The Labute approximate surface area is 146 Å². The maximum atomic E-state index is 11.9. The van der Waals surface area contributed by atoms with Gasteiger partial charge in [0.2, 0.25) is 5.91 Å². The van der Waals surface area contributed by atoms with Crippen LogP contribution in [0.2, 0.25) is 0 Å². The third-order valence-corrected chi connectivity index (χ3v) is 4.14. The second-order valence-electron chi connectivity index (χ2n) is 6.06. The quantitative estimate of drug-likeness (QED) is 0.664. The van der Waals surface area contributed by atoms with Crippen molar-refractivity contribution >= 4 is 22.5 Å². The van der Waals surface area contributed by atoms with Gasteiger partial charge in [-0.05, 0) is 49.2 Å². The van der Waals surface area contributed by atoms with Gasteiger partial charge in [0.25, 0.3) is 0 Å². The molecule has 25 heavy (non-hydrogen) atoms. The lowest BCUT2D eigenvalue weighted by atomic mass is 10.1. The normalized spacial score (nSPS) is 12.3. The Bertz CT molecular complexity index is 917. The number of carbonyl (C=O) groups is 1. The van der Waals surface area contributed by atoms with E-state index in [2.05, 4.69) is 18.3 Å². The largest absolute Gasteiger partial charge is 0.394 e. The molecule has 0 aliphatic rings. The highest BCUT2D eigenvalue weighted by Gasteiger charge is 2.15. The van der Waals surface area contributed by atoms with Crippen LogP contribution in [0, 0.1) is 6.92 Å². The molecule has 2 aromatic carbocycles. The maximum absolute atomic E-state index is 11.9. The number of nitrogens with two attached hydrogens (primary N) is 1. The molecular weight excluding hydrogens is 316 g/mol. The van der Waals surface area contributed by atoms with Gasteiger partial charge in [-0.15, -0.1) is 0 Å². The van der Waals surface area contributed by atoms with Gasteiger partial charge in [-0.25, -0.2) is 4.68 Å². The second-order valence-corrected chi connectivity index (χ2v) is 6.06. The first kappa shape index (κ1) is 17.1. The standard InChI is InChI=1S/C19H22N4O2/c1-3-17-15-8-7-13(21-19(25)16(20)11-24)10-18(15)23(22-17)14-6-4-5-12(2)9-14/h4-10,16,24H,3,11,20H2,1-2H3,(H,21,25)/t16-/m0/s1. The van der Waals surface area contributed by atoms with Crippen LogP contribution in [0.4, 0.5) is 5.69 Å². The summed E-state index contributed by atoms with van der Waals surface area (Å²) >= 11 is 0. The number of nitrogens with one attached hydrogen (secondary N) is 1. The van der Waals surface area contributed by atoms with Gasteiger partial charge in [0.15, 0.2) is 0 Å². The number of aryl methyl sites for hydroxylation is 2. The summed E-state index contributed by atoms with van der Waals surface area (Å²) in [5.41, 5.74) is 10.2. The van der Waals surface area contributed by atoms with Crippen LogP contribution in [-0.4, -0.2) is 33.4 Å². The number of aliphatic hydroxyl groups excluding tert-OH is 1. The maximum Gasteiger partial charge on any atom is 0.243 e. The molecule has 0 spiro atoms. The summed E-state index contributed by atoms with van der Waals surface area (Å²) in [4.78, 5) is 11.9. The van der Waals surface area contributed by atoms with Crippen LogP contribution < -0.4 is 11.1 Å². The van der Waals surface area contributed by atoms with E-state index in [0.717, 1.165) is 34.3 Å². The molecule has 3 rings (SSSR count). The van der Waals surface area contributed by atoms with Crippen LogP contribution in [0.3, 0.4) is 0 Å². The average Bonchev–Trinajstić information content (AvgIpc) is 2.99. The number of aromatic nitrogens is 2. The number of amides is 1. The van der Waals surface area contributed by atoms with E-state index < -0.39 is 18.6 Å². The number of nitrogens with zero attached hydrogens (tertiary/aromatic N) is 2. The third kappa shape index (κ3) is 3.40. The van der Waals surface area contributed by atoms with Crippen molar-refractivity contribution in [3.63, 3.8) is 0 Å². The van der Waals surface area contributed by atoms with E-state index in [4.69, 9.17) is 15.9 Å². The highest BCUT2D eigenvalue weighted by Crippen LogP contribution is 2.26. The summed E-state index contributed by atoms with van der Waals surface area (Å²) < 4.78 is 1.89. The molecule has 0 aliphatic carbocycles. The molecule has 6 nitrogen and oxygen atoms in total. The van der Waals surface area contributed by atoms with Crippen LogP contribution in [0.25, 0.3) is 16.6 Å². The van der Waals surface area contributed by atoms with Gasteiger partial charge in [0.1, 0.15) is 6.04 Å². The monoisotopic (exact) mass is 338 g/mol. The third-order valence-electron chi connectivity index (χ3n) is 4.14. The molecule has 0 unspecified atom stereocenters. The first-order chi connectivity index (χ1) is 12.0. The number of fused-ring (bicyclic) bond motifs is 1. The zero-order chi connectivity index (χ0) is 18.0. The van der Waals surface area contributed by atoms with Gasteiger partial charge in [0, 0.05) is 11.1 Å². The van der Waals surface area contributed by atoms with E-state index in [1.165, 1.54) is 0 Å². The van der Waals surface area contributed by atoms with Crippen molar-refractivity contribution in [2.45, 2.75) is 26.3 Å². The predicted octanol–water partition coefficient (Wildman–Crippen LogP) is 2.15. The van der Waals surface area contributed by atoms with Crippen molar-refractivity contribution in [1.29, 1.82) is 0 Å². The van der Waals surface area contributed by atoms with E-state index in [0.29, 0.717) is 5.69 Å². The summed E-state index contributed by atoms with van der Waals surface area (Å²) in [5, 5.41) is 17.5. The smallest absolute Gasteiger partial charge is 0.243 e. The topological polar surface area (TPSA) is 93.2 Å². The van der Waals surface area contributed by atoms with Gasteiger partial charge in [-0.2, -0.15) is 5.10 Å². The van der Waals surface area contributed by atoms with E-state index in [1.807, 2.05) is 48.0 Å². The molecule has 0 aliphatic heterocycles. The van der Waals surface area contributed by atoms with Crippen molar-refractivity contribution in [2.75, 3.05) is 11.9 Å². The molecule has 1 amide bonds. The van der Waals surface area contributed by atoms with Crippen molar-refractivity contribution in [1.82, 2.24) is 9.78 Å². The summed E-state index contributed by atoms with van der Waals surface area (Å²) in [6.45, 7) is 3.71. The molecule has 3 aromatic rings. The van der Waals surface area contributed by atoms with Crippen LogP contribution in [-0.2, 0) is 11.2 Å². The molecule has 0 saturated carbocycles. The van der Waals surface area contributed by atoms with E-state index in [1.54, 1.807) is 0 Å². The lowest BCUT2D eigenvalue weighted by molar-refractivity contribution is -0.118. The molecule has 1 heterocycles. The molecule has 1 aromatic heterocycles. The zero-order valence-corrected chi connectivity index (χ0v) is 14.4. The Morgan fingerprint density at radius 2 is 2.12 bits per heavy atom. The highest BCUT2D eigenvalue weighted by molar-refractivity contribution is 5.97. The summed E-state index contributed by atoms with van der Waals surface area (Å²) in [6.07, 6.45) is 0.816. The van der Waals surface area contributed by atoms with Crippen molar-refractivity contribution in [3.8, 4) is 5.69 Å². The first-order valence-electron chi connectivity index (χ1n) is 8.29. The molecule has 0 fully saturated rings. The molecule has 6 heteroatoms. The van der Waals surface area contributed by atoms with Gasteiger partial charge in [-0.1, -0.05) is 19.1 Å². The summed E-state index contributed by atoms with van der Waals surface area (Å²) in [6, 6.07) is 12.8. The zero-order valence-electron chi connectivity index (χ0n) is 14.4. The molecule has 0 radical (unpaired) electrons. The number of hydrogen-bond acceptors (Lipinski definition) is 4.